The zero-order valence-electron chi connectivity index (χ0n) is 9.68. The molecule has 2 aromatic rings. The molecule has 1 aliphatic heterocycles. The summed E-state index contributed by atoms with van der Waals surface area (Å²) in [6, 6.07) is 3.11. The number of ether oxygens (including phenoxy) is 1. The number of anilines is 1. The summed E-state index contributed by atoms with van der Waals surface area (Å²) in [5.74, 6) is 0.375. The summed E-state index contributed by atoms with van der Waals surface area (Å²) in [7, 11) is -3.75. The van der Waals surface area contributed by atoms with Crippen molar-refractivity contribution in [3.05, 3.63) is 35.1 Å². The lowest BCUT2D eigenvalue weighted by Crippen LogP contribution is -2.13. The molecule has 0 radical (unpaired) electrons. The van der Waals surface area contributed by atoms with Crippen molar-refractivity contribution in [3.8, 4) is 5.75 Å². The highest BCUT2D eigenvalue weighted by Gasteiger charge is 2.26. The number of nitrogens with zero attached hydrogens (tertiary/aromatic N) is 1. The largest absolute Gasteiger partial charge is 0.492 e. The van der Waals surface area contributed by atoms with E-state index in [-0.39, 0.29) is 4.90 Å². The summed E-state index contributed by atoms with van der Waals surface area (Å²) in [5.41, 5.74) is 1.16. The first-order valence-electron chi connectivity index (χ1n) is 5.53. The Kier molecular flexibility index (Phi) is 2.87. The first-order valence-corrected chi connectivity index (χ1v) is 7.39. The summed E-state index contributed by atoms with van der Waals surface area (Å²) in [4.78, 5) is 0.0497. The van der Waals surface area contributed by atoms with Gasteiger partial charge in [-0.3, -0.25) is 9.82 Å². The number of fused-ring (bicyclic) bond motifs is 1. The number of hydrogen-bond donors (Lipinski definition) is 2. The summed E-state index contributed by atoms with van der Waals surface area (Å²) in [6.45, 7) is 0.462. The van der Waals surface area contributed by atoms with E-state index in [9.17, 15) is 8.42 Å². The minimum Gasteiger partial charge on any atom is -0.492 e. The Morgan fingerprint density at radius 2 is 2.26 bits per heavy atom. The quantitative estimate of drug-likeness (QED) is 0.905. The van der Waals surface area contributed by atoms with Crippen LogP contribution in [0.5, 0.6) is 5.75 Å². The zero-order valence-corrected chi connectivity index (χ0v) is 11.3. The van der Waals surface area contributed by atoms with Gasteiger partial charge in [0.2, 0.25) is 0 Å². The van der Waals surface area contributed by atoms with Crippen molar-refractivity contribution in [1.82, 2.24) is 10.2 Å². The third-order valence-corrected chi connectivity index (χ3v) is 4.36. The average molecular weight is 300 g/mol. The maximum Gasteiger partial charge on any atom is 0.265 e. The highest BCUT2D eigenvalue weighted by atomic mass is 35.5. The molecule has 8 heteroatoms. The Hall–Kier alpha value is -1.73. The number of rotatable bonds is 3. The normalized spacial score (nSPS) is 13.9. The van der Waals surface area contributed by atoms with E-state index in [4.69, 9.17) is 16.3 Å². The Bertz CT molecular complexity index is 713. The van der Waals surface area contributed by atoms with Gasteiger partial charge in [-0.05, 0) is 12.1 Å². The van der Waals surface area contributed by atoms with Gasteiger partial charge in [0, 0.05) is 23.2 Å². The van der Waals surface area contributed by atoms with E-state index in [0.29, 0.717) is 29.5 Å². The van der Waals surface area contributed by atoms with Crippen LogP contribution in [0.1, 0.15) is 5.56 Å². The van der Waals surface area contributed by atoms with Gasteiger partial charge in [0.05, 0.1) is 18.5 Å². The summed E-state index contributed by atoms with van der Waals surface area (Å²) in [5, 5.41) is 6.59. The van der Waals surface area contributed by atoms with Crippen LogP contribution in [0.15, 0.2) is 29.4 Å². The molecule has 0 fully saturated rings. The van der Waals surface area contributed by atoms with Crippen LogP contribution in [0, 0.1) is 0 Å². The van der Waals surface area contributed by atoms with Crippen molar-refractivity contribution in [2.75, 3.05) is 11.3 Å². The number of hydrogen-bond acceptors (Lipinski definition) is 4. The lowest BCUT2D eigenvalue weighted by molar-refractivity contribution is 0.348. The summed E-state index contributed by atoms with van der Waals surface area (Å²) < 4.78 is 32.4. The van der Waals surface area contributed by atoms with Crippen molar-refractivity contribution in [2.45, 2.75) is 11.3 Å². The molecule has 1 aromatic carbocycles. The van der Waals surface area contributed by atoms with Crippen LogP contribution in [0.25, 0.3) is 0 Å². The first-order chi connectivity index (χ1) is 9.06. The second-order valence-corrected chi connectivity index (χ2v) is 6.17. The number of H-pyrrole nitrogens is 1. The molecule has 0 bridgehead atoms. The van der Waals surface area contributed by atoms with Crippen LogP contribution in [0.3, 0.4) is 0 Å². The van der Waals surface area contributed by atoms with Gasteiger partial charge in [0.15, 0.2) is 0 Å². The Balaban J connectivity index is 2.06. The Morgan fingerprint density at radius 3 is 3.00 bits per heavy atom. The number of benzene rings is 1. The third-order valence-electron chi connectivity index (χ3n) is 2.75. The van der Waals surface area contributed by atoms with Crippen LogP contribution >= 0.6 is 11.6 Å². The molecule has 6 nitrogen and oxygen atoms in total. The molecular formula is C11H10ClN3O3S. The maximum absolute atomic E-state index is 12.3. The smallest absolute Gasteiger partial charge is 0.265 e. The van der Waals surface area contributed by atoms with Crippen molar-refractivity contribution < 1.29 is 13.2 Å². The predicted molar refractivity (Wildman–Crippen MR) is 70.0 cm³/mol. The number of sulfonamides is 1. The lowest BCUT2D eigenvalue weighted by Gasteiger charge is -2.10. The number of halogens is 1. The molecule has 0 atom stereocenters. The molecule has 0 saturated heterocycles. The minimum atomic E-state index is -3.75. The second-order valence-electron chi connectivity index (χ2n) is 4.08. The molecule has 3 rings (SSSR count). The average Bonchev–Trinajstić information content (AvgIpc) is 2.97. The van der Waals surface area contributed by atoms with E-state index in [2.05, 4.69) is 14.9 Å². The fourth-order valence-corrected chi connectivity index (χ4v) is 3.51. The van der Waals surface area contributed by atoms with Gasteiger partial charge in [-0.15, -0.1) is 0 Å². The van der Waals surface area contributed by atoms with E-state index in [1.807, 2.05) is 0 Å². The molecule has 19 heavy (non-hydrogen) atoms. The molecule has 2 N–H and O–H groups in total. The van der Waals surface area contributed by atoms with Gasteiger partial charge in [-0.1, -0.05) is 11.6 Å². The summed E-state index contributed by atoms with van der Waals surface area (Å²) in [6.07, 6.45) is 3.48. The number of aromatic amines is 1. The molecule has 2 heterocycles. The van der Waals surface area contributed by atoms with E-state index < -0.39 is 10.0 Å². The maximum atomic E-state index is 12.3. The van der Waals surface area contributed by atoms with E-state index >= 15 is 0 Å². The van der Waals surface area contributed by atoms with Crippen LogP contribution < -0.4 is 9.46 Å². The molecule has 0 aliphatic carbocycles. The Morgan fingerprint density at radius 1 is 1.42 bits per heavy atom. The van der Waals surface area contributed by atoms with Crippen molar-refractivity contribution in [1.29, 1.82) is 0 Å². The van der Waals surface area contributed by atoms with Crippen LogP contribution in [-0.2, 0) is 16.4 Å². The molecule has 0 saturated carbocycles. The van der Waals surface area contributed by atoms with Gasteiger partial charge in [0.25, 0.3) is 10.0 Å². The van der Waals surface area contributed by atoms with E-state index in [1.165, 1.54) is 18.5 Å². The van der Waals surface area contributed by atoms with Gasteiger partial charge < -0.3 is 4.74 Å². The number of nitrogens with one attached hydrogen (secondary N) is 2. The van der Waals surface area contributed by atoms with E-state index in [0.717, 1.165) is 5.56 Å². The monoisotopic (exact) mass is 299 g/mol. The van der Waals surface area contributed by atoms with Crippen LogP contribution in [0.4, 0.5) is 5.69 Å². The molecule has 1 aliphatic rings. The van der Waals surface area contributed by atoms with Crippen molar-refractivity contribution in [3.63, 3.8) is 0 Å². The van der Waals surface area contributed by atoms with Gasteiger partial charge >= 0.3 is 0 Å². The SMILES string of the molecule is O=S(=O)(Nc1cn[nH]c1)c1cc(Cl)cc2c1OCC2. The van der Waals surface area contributed by atoms with Crippen molar-refractivity contribution in [2.24, 2.45) is 0 Å². The highest BCUT2D eigenvalue weighted by Crippen LogP contribution is 2.36. The second kappa shape index (κ2) is 4.43. The van der Waals surface area contributed by atoms with Crippen LogP contribution in [-0.4, -0.2) is 25.2 Å². The van der Waals surface area contributed by atoms with Gasteiger partial charge in [-0.25, -0.2) is 8.42 Å². The number of aromatic nitrogens is 2. The predicted octanol–water partition coefficient (Wildman–Crippen LogP) is 1.80. The molecule has 0 spiro atoms. The fourth-order valence-electron chi connectivity index (χ4n) is 1.95. The Labute approximate surface area is 114 Å². The summed E-state index contributed by atoms with van der Waals surface area (Å²) >= 11 is 5.95. The van der Waals surface area contributed by atoms with Gasteiger partial charge in [0.1, 0.15) is 10.6 Å². The topological polar surface area (TPSA) is 84.1 Å². The minimum absolute atomic E-state index is 0.0497. The third kappa shape index (κ3) is 2.26. The van der Waals surface area contributed by atoms with E-state index in [1.54, 1.807) is 6.07 Å². The highest BCUT2D eigenvalue weighted by molar-refractivity contribution is 7.92. The lowest BCUT2D eigenvalue weighted by atomic mass is 10.2. The molecule has 1 aromatic heterocycles. The molecular weight excluding hydrogens is 290 g/mol. The fraction of sp³-hybridized carbons (Fsp3) is 0.182. The first kappa shape index (κ1) is 12.3. The standard InChI is InChI=1S/C11H10ClN3O3S/c12-8-3-7-1-2-18-11(7)10(4-8)19(16,17)15-9-5-13-14-6-9/h3-6,15H,1-2H2,(H,13,14). The molecule has 0 unspecified atom stereocenters. The molecule has 100 valence electrons. The van der Waals surface area contributed by atoms with Crippen LogP contribution in [0.2, 0.25) is 5.02 Å². The molecule has 0 amide bonds. The van der Waals surface area contributed by atoms with Crippen molar-refractivity contribution >= 4 is 27.3 Å². The zero-order chi connectivity index (χ0) is 13.5. The van der Waals surface area contributed by atoms with Gasteiger partial charge in [-0.2, -0.15) is 5.10 Å².